The van der Waals surface area contributed by atoms with Gasteiger partial charge in [-0.25, -0.2) is 9.67 Å². The first-order valence-corrected chi connectivity index (χ1v) is 10.1. The van der Waals surface area contributed by atoms with Crippen LogP contribution in [0, 0.1) is 5.92 Å². The molecule has 3 aromatic rings. The molecule has 4 rings (SSSR count). The number of piperidine rings is 1. The number of primary amides is 1. The fourth-order valence-corrected chi connectivity index (χ4v) is 3.58. The molecular weight excluding hydrogens is 396 g/mol. The van der Waals surface area contributed by atoms with Crippen molar-refractivity contribution >= 4 is 23.3 Å². The van der Waals surface area contributed by atoms with Gasteiger partial charge < -0.3 is 20.7 Å². The van der Waals surface area contributed by atoms with Crippen LogP contribution in [0.2, 0.25) is 0 Å². The molecule has 0 radical (unpaired) electrons. The lowest BCUT2D eigenvalue weighted by Gasteiger charge is -2.32. The number of benzene rings is 1. The van der Waals surface area contributed by atoms with E-state index in [0.29, 0.717) is 17.9 Å². The number of nitrogens with two attached hydrogens (primary N) is 1. The molecule has 0 bridgehead atoms. The third-order valence-corrected chi connectivity index (χ3v) is 5.31. The normalized spacial score (nSPS) is 16.0. The predicted molar refractivity (Wildman–Crippen MR) is 116 cm³/mol. The van der Waals surface area contributed by atoms with Crippen LogP contribution in [0.3, 0.4) is 0 Å². The van der Waals surface area contributed by atoms with Gasteiger partial charge in [0.25, 0.3) is 5.91 Å². The van der Waals surface area contributed by atoms with E-state index in [2.05, 4.69) is 15.4 Å². The third-order valence-electron chi connectivity index (χ3n) is 5.31. The molecule has 2 amide bonds. The summed E-state index contributed by atoms with van der Waals surface area (Å²) in [6, 6.07) is 12.7. The van der Waals surface area contributed by atoms with Gasteiger partial charge in [0.1, 0.15) is 11.6 Å². The number of carbonyl (C=O) groups is 2. The number of amides is 2. The second-order valence-electron chi connectivity index (χ2n) is 7.39. The smallest absolute Gasteiger partial charge is 0.276 e. The highest BCUT2D eigenvalue weighted by atomic mass is 16.5. The van der Waals surface area contributed by atoms with Crippen LogP contribution in [0.5, 0.6) is 5.75 Å². The van der Waals surface area contributed by atoms with Gasteiger partial charge in [0.2, 0.25) is 5.91 Å². The number of carbonyl (C=O) groups excluding carboxylic acids is 2. The first kappa shape index (κ1) is 20.4. The Bertz CT molecular complexity index is 1060. The quantitative estimate of drug-likeness (QED) is 0.632. The molecule has 1 aromatic carbocycles. The van der Waals surface area contributed by atoms with Gasteiger partial charge in [-0.1, -0.05) is 0 Å². The van der Waals surface area contributed by atoms with Crippen molar-refractivity contribution in [1.29, 1.82) is 0 Å². The van der Waals surface area contributed by atoms with Gasteiger partial charge >= 0.3 is 0 Å². The van der Waals surface area contributed by atoms with E-state index in [1.54, 1.807) is 36.3 Å². The molecule has 1 fully saturated rings. The molecule has 3 N–H and O–H groups in total. The Morgan fingerprint density at radius 1 is 1.16 bits per heavy atom. The second-order valence-corrected chi connectivity index (χ2v) is 7.39. The molecule has 1 saturated heterocycles. The summed E-state index contributed by atoms with van der Waals surface area (Å²) in [4.78, 5) is 30.5. The maximum Gasteiger partial charge on any atom is 0.276 e. The van der Waals surface area contributed by atoms with Crippen LogP contribution >= 0.6 is 0 Å². The van der Waals surface area contributed by atoms with Crippen molar-refractivity contribution in [3.05, 3.63) is 60.6 Å². The summed E-state index contributed by atoms with van der Waals surface area (Å²) in [5, 5.41) is 7.15. The Kier molecular flexibility index (Phi) is 5.83. The van der Waals surface area contributed by atoms with Crippen molar-refractivity contribution in [2.45, 2.75) is 12.8 Å². The van der Waals surface area contributed by atoms with Gasteiger partial charge in [0, 0.05) is 19.3 Å². The maximum atomic E-state index is 12.6. The van der Waals surface area contributed by atoms with Crippen LogP contribution in [0.25, 0.3) is 5.69 Å². The minimum absolute atomic E-state index is 0.157. The summed E-state index contributed by atoms with van der Waals surface area (Å²) in [5.74, 6) is 0.749. The number of pyridine rings is 1. The van der Waals surface area contributed by atoms with Gasteiger partial charge in [-0.3, -0.25) is 9.59 Å². The average molecular weight is 420 g/mol. The molecule has 160 valence electrons. The van der Waals surface area contributed by atoms with Crippen LogP contribution in [-0.4, -0.2) is 46.8 Å². The van der Waals surface area contributed by atoms with Gasteiger partial charge in [-0.05, 0) is 55.3 Å². The van der Waals surface area contributed by atoms with Crippen molar-refractivity contribution < 1.29 is 14.3 Å². The zero-order chi connectivity index (χ0) is 21.8. The zero-order valence-electron chi connectivity index (χ0n) is 17.2. The summed E-state index contributed by atoms with van der Waals surface area (Å²) in [6.45, 7) is 1.39. The monoisotopic (exact) mass is 420 g/mol. The second kappa shape index (κ2) is 8.86. The third kappa shape index (κ3) is 4.66. The number of nitrogens with one attached hydrogen (secondary N) is 1. The topological polar surface area (TPSA) is 115 Å². The molecule has 1 aliphatic heterocycles. The summed E-state index contributed by atoms with van der Waals surface area (Å²) < 4.78 is 6.78. The number of aromatic nitrogens is 3. The zero-order valence-corrected chi connectivity index (χ0v) is 17.2. The van der Waals surface area contributed by atoms with Crippen molar-refractivity contribution in [2.75, 3.05) is 30.4 Å². The molecule has 31 heavy (non-hydrogen) atoms. The van der Waals surface area contributed by atoms with E-state index in [0.717, 1.165) is 36.6 Å². The molecule has 9 nitrogen and oxygen atoms in total. The first-order chi connectivity index (χ1) is 15.0. The molecule has 1 unspecified atom stereocenters. The molecule has 0 spiro atoms. The summed E-state index contributed by atoms with van der Waals surface area (Å²) in [5.41, 5.74) is 7.13. The minimum atomic E-state index is -0.325. The van der Waals surface area contributed by atoms with Crippen molar-refractivity contribution in [1.82, 2.24) is 14.8 Å². The number of ether oxygens (including phenoxy) is 1. The number of nitrogens with zero attached hydrogens (tertiary/aromatic N) is 4. The molecule has 2 aromatic heterocycles. The van der Waals surface area contributed by atoms with E-state index in [4.69, 9.17) is 10.5 Å². The fourth-order valence-electron chi connectivity index (χ4n) is 3.58. The predicted octanol–water partition coefficient (Wildman–Crippen LogP) is 2.23. The van der Waals surface area contributed by atoms with E-state index in [9.17, 15) is 9.59 Å². The molecular formula is C22H24N6O3. The Balaban J connectivity index is 1.40. The maximum absolute atomic E-state index is 12.6. The SMILES string of the molecule is COc1ccc(-n2ccc(C(=O)Nc3ccc(N4CCCC(C(N)=O)C4)nc3)n2)cc1. The van der Waals surface area contributed by atoms with Crippen molar-refractivity contribution in [3.63, 3.8) is 0 Å². The highest BCUT2D eigenvalue weighted by Crippen LogP contribution is 2.22. The molecule has 3 heterocycles. The Hall–Kier alpha value is -3.88. The minimum Gasteiger partial charge on any atom is -0.497 e. The van der Waals surface area contributed by atoms with Crippen LogP contribution in [0.15, 0.2) is 54.9 Å². The summed E-state index contributed by atoms with van der Waals surface area (Å²) in [7, 11) is 1.61. The lowest BCUT2D eigenvalue weighted by atomic mass is 9.97. The average Bonchev–Trinajstić information content (AvgIpc) is 3.30. The number of hydrogen-bond acceptors (Lipinski definition) is 6. The van der Waals surface area contributed by atoms with Gasteiger partial charge in [0.05, 0.1) is 30.6 Å². The lowest BCUT2D eigenvalue weighted by Crippen LogP contribution is -2.41. The Morgan fingerprint density at radius 3 is 2.65 bits per heavy atom. The highest BCUT2D eigenvalue weighted by Gasteiger charge is 2.24. The van der Waals surface area contributed by atoms with Crippen LogP contribution in [0.4, 0.5) is 11.5 Å². The first-order valence-electron chi connectivity index (χ1n) is 10.1. The number of methoxy groups -OCH3 is 1. The number of anilines is 2. The molecule has 0 aliphatic carbocycles. The number of rotatable bonds is 6. The summed E-state index contributed by atoms with van der Waals surface area (Å²) in [6.07, 6.45) is 5.03. The molecule has 1 aliphatic rings. The van der Waals surface area contributed by atoms with E-state index in [1.807, 2.05) is 35.2 Å². The standard InChI is InChI=1S/C22H24N6O3/c1-31-18-7-5-17(6-8-18)28-12-10-19(26-28)22(30)25-16-4-9-20(24-13-16)27-11-2-3-15(14-27)21(23)29/h4-10,12-13,15H,2-3,11,14H2,1H3,(H2,23,29)(H,25,30). The van der Waals surface area contributed by atoms with E-state index in [1.165, 1.54) is 0 Å². The van der Waals surface area contributed by atoms with Crippen molar-refractivity contribution in [3.8, 4) is 11.4 Å². The Morgan fingerprint density at radius 2 is 1.97 bits per heavy atom. The lowest BCUT2D eigenvalue weighted by molar-refractivity contribution is -0.122. The van der Waals surface area contributed by atoms with E-state index >= 15 is 0 Å². The van der Waals surface area contributed by atoms with Crippen molar-refractivity contribution in [2.24, 2.45) is 11.7 Å². The van der Waals surface area contributed by atoms with Crippen LogP contribution < -0.4 is 20.7 Å². The van der Waals surface area contributed by atoms with E-state index in [-0.39, 0.29) is 17.7 Å². The van der Waals surface area contributed by atoms with Gasteiger partial charge in [0.15, 0.2) is 5.69 Å². The molecule has 9 heteroatoms. The molecule has 1 atom stereocenters. The van der Waals surface area contributed by atoms with Gasteiger partial charge in [-0.2, -0.15) is 5.10 Å². The summed E-state index contributed by atoms with van der Waals surface area (Å²) >= 11 is 0. The largest absolute Gasteiger partial charge is 0.497 e. The Labute approximate surface area is 179 Å². The highest BCUT2D eigenvalue weighted by molar-refractivity contribution is 6.02. The van der Waals surface area contributed by atoms with E-state index < -0.39 is 0 Å². The van der Waals surface area contributed by atoms with Gasteiger partial charge in [-0.15, -0.1) is 0 Å². The van der Waals surface area contributed by atoms with Crippen LogP contribution in [0.1, 0.15) is 23.3 Å². The fraction of sp³-hybridized carbons (Fsp3) is 0.273. The molecule has 0 saturated carbocycles. The number of hydrogen-bond donors (Lipinski definition) is 2. The van der Waals surface area contributed by atoms with Crippen LogP contribution in [-0.2, 0) is 4.79 Å².